The van der Waals surface area contributed by atoms with Gasteiger partial charge in [-0.1, -0.05) is 13.0 Å². The van der Waals surface area contributed by atoms with Crippen molar-refractivity contribution in [3.8, 4) is 27.7 Å². The van der Waals surface area contributed by atoms with Crippen LogP contribution in [-0.4, -0.2) is 21.5 Å². The Balaban J connectivity index is 1.47. The lowest BCUT2D eigenvalue weighted by Gasteiger charge is -2.27. The molecular weight excluding hydrogens is 418 g/mol. The quantitative estimate of drug-likeness (QED) is 0.448. The maximum absolute atomic E-state index is 14.1. The number of hydrogen-bond donors (Lipinski definition) is 1. The molecule has 1 atom stereocenters. The lowest BCUT2D eigenvalue weighted by Crippen LogP contribution is -2.26. The maximum atomic E-state index is 14.1. The molecule has 0 spiro atoms. The van der Waals surface area contributed by atoms with E-state index in [9.17, 15) is 8.78 Å². The number of halogens is 2. The molecule has 8 heteroatoms. The highest BCUT2D eigenvalue weighted by molar-refractivity contribution is 7.15. The molecule has 1 aliphatic heterocycles. The van der Waals surface area contributed by atoms with Gasteiger partial charge in [-0.3, -0.25) is 4.98 Å². The van der Waals surface area contributed by atoms with Crippen LogP contribution in [0, 0.1) is 11.6 Å². The molecule has 156 valence electrons. The van der Waals surface area contributed by atoms with Gasteiger partial charge in [0.2, 0.25) is 5.88 Å². The lowest BCUT2D eigenvalue weighted by molar-refractivity contribution is 0.191. The molecule has 0 amide bonds. The number of fused-ring (bicyclic) bond motifs is 1. The zero-order valence-electron chi connectivity index (χ0n) is 16.6. The first-order valence-electron chi connectivity index (χ1n) is 9.89. The van der Waals surface area contributed by atoms with Crippen molar-refractivity contribution in [3.05, 3.63) is 77.1 Å². The van der Waals surface area contributed by atoms with Gasteiger partial charge in [0.15, 0.2) is 0 Å². The highest BCUT2D eigenvalue weighted by atomic mass is 32.1. The third-order valence-electron chi connectivity index (χ3n) is 5.11. The zero-order chi connectivity index (χ0) is 21.4. The first-order valence-corrected chi connectivity index (χ1v) is 10.7. The second-order valence-corrected chi connectivity index (χ2v) is 8.17. The Labute approximate surface area is 181 Å². The number of nitrogens with zero attached hydrogens (tertiary/aromatic N) is 3. The van der Waals surface area contributed by atoms with Gasteiger partial charge in [-0.05, 0) is 36.8 Å². The van der Waals surface area contributed by atoms with E-state index in [1.54, 1.807) is 29.9 Å². The minimum absolute atomic E-state index is 0.0968. The van der Waals surface area contributed by atoms with Crippen LogP contribution in [0.3, 0.4) is 0 Å². The molecule has 3 aromatic heterocycles. The van der Waals surface area contributed by atoms with Crippen molar-refractivity contribution < 1.29 is 13.5 Å². The Hall–Kier alpha value is -3.39. The minimum Gasteiger partial charge on any atom is -0.466 e. The summed E-state index contributed by atoms with van der Waals surface area (Å²) in [5.74, 6) is -0.960. The summed E-state index contributed by atoms with van der Waals surface area (Å²) in [4.78, 5) is 14.6. The summed E-state index contributed by atoms with van der Waals surface area (Å²) in [5.41, 5.74) is 3.26. The fourth-order valence-corrected chi connectivity index (χ4v) is 4.60. The Kier molecular flexibility index (Phi) is 5.07. The van der Waals surface area contributed by atoms with Crippen molar-refractivity contribution >= 4 is 17.0 Å². The van der Waals surface area contributed by atoms with E-state index in [0.29, 0.717) is 11.6 Å². The van der Waals surface area contributed by atoms with E-state index in [4.69, 9.17) is 9.72 Å². The van der Waals surface area contributed by atoms with E-state index in [0.717, 1.165) is 33.1 Å². The highest BCUT2D eigenvalue weighted by Gasteiger charge is 2.28. The molecule has 4 heterocycles. The molecule has 1 unspecified atom stereocenters. The molecule has 1 aliphatic rings. The first kappa shape index (κ1) is 19.6. The summed E-state index contributed by atoms with van der Waals surface area (Å²) < 4.78 is 34.1. The molecule has 0 aliphatic carbocycles. The van der Waals surface area contributed by atoms with Gasteiger partial charge in [0.25, 0.3) is 0 Å². The summed E-state index contributed by atoms with van der Waals surface area (Å²) >= 11 is 1.63. The van der Waals surface area contributed by atoms with Crippen LogP contribution in [0.1, 0.15) is 23.5 Å². The molecule has 31 heavy (non-hydrogen) atoms. The van der Waals surface area contributed by atoms with Crippen LogP contribution in [0.15, 0.2) is 55.0 Å². The van der Waals surface area contributed by atoms with E-state index < -0.39 is 17.7 Å². The fraction of sp³-hybridized carbons (Fsp3) is 0.174. The van der Waals surface area contributed by atoms with Crippen LogP contribution in [0.5, 0.6) is 5.88 Å². The van der Waals surface area contributed by atoms with E-state index >= 15 is 0 Å². The average molecular weight is 436 g/mol. The summed E-state index contributed by atoms with van der Waals surface area (Å²) in [5, 5.41) is 4.10. The van der Waals surface area contributed by atoms with Crippen molar-refractivity contribution in [1.29, 1.82) is 0 Å². The molecular formula is C23H18F2N4OS. The maximum Gasteiger partial charge on any atom is 0.238 e. The minimum atomic E-state index is -0.797. The van der Waals surface area contributed by atoms with Gasteiger partial charge in [-0.15, -0.1) is 11.3 Å². The molecule has 1 N–H and O–H groups in total. The molecule has 0 fully saturated rings. The molecule has 4 aromatic rings. The van der Waals surface area contributed by atoms with Gasteiger partial charge in [-0.2, -0.15) is 0 Å². The fourth-order valence-electron chi connectivity index (χ4n) is 3.59. The molecule has 0 saturated carbocycles. The molecule has 0 radical (unpaired) electrons. The number of anilines is 1. The van der Waals surface area contributed by atoms with E-state index in [-0.39, 0.29) is 12.1 Å². The normalized spacial score (nSPS) is 15.1. The smallest absolute Gasteiger partial charge is 0.238 e. The van der Waals surface area contributed by atoms with Crippen LogP contribution in [-0.2, 0) is 6.42 Å². The number of aromatic nitrogens is 3. The zero-order valence-corrected chi connectivity index (χ0v) is 17.4. The third-order valence-corrected chi connectivity index (χ3v) is 6.35. The molecule has 0 saturated heterocycles. The number of pyridine rings is 2. The monoisotopic (exact) mass is 436 g/mol. The average Bonchev–Trinajstić information content (AvgIpc) is 3.24. The van der Waals surface area contributed by atoms with Crippen LogP contribution in [0.4, 0.5) is 14.5 Å². The topological polar surface area (TPSA) is 59.9 Å². The molecule has 5 rings (SSSR count). The van der Waals surface area contributed by atoms with E-state index in [1.165, 1.54) is 18.2 Å². The number of rotatable bonds is 4. The van der Waals surface area contributed by atoms with Gasteiger partial charge in [-0.25, -0.2) is 18.7 Å². The van der Waals surface area contributed by atoms with Gasteiger partial charge < -0.3 is 10.1 Å². The Morgan fingerprint density at radius 2 is 1.97 bits per heavy atom. The molecule has 0 bridgehead atoms. The first-order chi connectivity index (χ1) is 15.1. The Bertz CT molecular complexity index is 1230. The summed E-state index contributed by atoms with van der Waals surface area (Å²) in [6.07, 6.45) is 5.25. The second-order valence-electron chi connectivity index (χ2n) is 7.09. The number of benzene rings is 1. The third kappa shape index (κ3) is 3.63. The van der Waals surface area contributed by atoms with Crippen LogP contribution >= 0.6 is 11.3 Å². The lowest BCUT2D eigenvalue weighted by atomic mass is 10.1. The van der Waals surface area contributed by atoms with E-state index in [1.807, 2.05) is 18.2 Å². The van der Waals surface area contributed by atoms with Crippen molar-refractivity contribution in [2.75, 3.05) is 11.9 Å². The van der Waals surface area contributed by atoms with Crippen molar-refractivity contribution in [3.63, 3.8) is 0 Å². The standard InChI is InChI=1S/C23H18F2N4OS/c1-2-19-21(29-23(31-19)13-5-4-8-26-10-13)14-9-17-22(28-11-14)30-18(12-27-17)20-15(24)6-3-7-16(20)25/h3-11,18,27H,2,12H2,1H3. The van der Waals surface area contributed by atoms with E-state index in [2.05, 4.69) is 22.2 Å². The Morgan fingerprint density at radius 3 is 2.71 bits per heavy atom. The van der Waals surface area contributed by atoms with Crippen molar-refractivity contribution in [2.45, 2.75) is 19.4 Å². The van der Waals surface area contributed by atoms with Crippen molar-refractivity contribution in [1.82, 2.24) is 15.0 Å². The molecule has 1 aromatic carbocycles. The number of thiazole rings is 1. The number of nitrogens with one attached hydrogen (secondary N) is 1. The largest absolute Gasteiger partial charge is 0.466 e. The number of hydrogen-bond acceptors (Lipinski definition) is 6. The highest BCUT2D eigenvalue weighted by Crippen LogP contribution is 2.39. The molecule has 5 nitrogen and oxygen atoms in total. The van der Waals surface area contributed by atoms with Crippen molar-refractivity contribution in [2.24, 2.45) is 0 Å². The van der Waals surface area contributed by atoms with Crippen LogP contribution in [0.25, 0.3) is 21.8 Å². The van der Waals surface area contributed by atoms with Crippen LogP contribution < -0.4 is 10.1 Å². The summed E-state index contributed by atoms with van der Waals surface area (Å²) in [7, 11) is 0. The van der Waals surface area contributed by atoms with Crippen LogP contribution in [0.2, 0.25) is 0 Å². The van der Waals surface area contributed by atoms with Gasteiger partial charge in [0, 0.05) is 34.6 Å². The number of aryl methyl sites for hydroxylation is 1. The summed E-state index contributed by atoms with van der Waals surface area (Å²) in [6, 6.07) is 9.57. The number of ether oxygens (including phenoxy) is 1. The van der Waals surface area contributed by atoms with Gasteiger partial charge in [0.05, 0.1) is 23.5 Å². The van der Waals surface area contributed by atoms with Gasteiger partial charge in [0.1, 0.15) is 22.7 Å². The SMILES string of the molecule is CCc1sc(-c2cccnc2)nc1-c1cnc2c(c1)NCC(c1c(F)cccc1F)O2. The second kappa shape index (κ2) is 8.03. The summed E-state index contributed by atoms with van der Waals surface area (Å²) in [6.45, 7) is 2.32. The van der Waals surface area contributed by atoms with Gasteiger partial charge >= 0.3 is 0 Å². The Morgan fingerprint density at radius 1 is 1.13 bits per heavy atom. The predicted molar refractivity (Wildman–Crippen MR) is 116 cm³/mol. The predicted octanol–water partition coefficient (Wildman–Crippen LogP) is 5.65.